The lowest BCUT2D eigenvalue weighted by atomic mass is 10.0. The van der Waals surface area contributed by atoms with Gasteiger partial charge in [0.25, 0.3) is 5.91 Å². The van der Waals surface area contributed by atoms with Crippen molar-refractivity contribution in [2.24, 2.45) is 0 Å². The molecule has 9 heteroatoms. The average molecular weight is 524 g/mol. The van der Waals surface area contributed by atoms with E-state index in [1.54, 1.807) is 6.92 Å². The first-order chi connectivity index (χ1) is 17.7. The highest BCUT2D eigenvalue weighted by atomic mass is 35.5. The van der Waals surface area contributed by atoms with Gasteiger partial charge in [0.1, 0.15) is 0 Å². The van der Waals surface area contributed by atoms with Crippen molar-refractivity contribution in [3.05, 3.63) is 70.5 Å². The molecule has 3 aromatic carbocycles. The molecule has 1 aliphatic heterocycles. The van der Waals surface area contributed by atoms with Crippen molar-refractivity contribution in [3.63, 3.8) is 0 Å². The summed E-state index contributed by atoms with van der Waals surface area (Å²) >= 11 is 6.32. The predicted molar refractivity (Wildman–Crippen MR) is 149 cm³/mol. The molecule has 2 amide bonds. The lowest BCUT2D eigenvalue weighted by Crippen LogP contribution is -2.44. The van der Waals surface area contributed by atoms with Crippen LogP contribution >= 0.6 is 11.6 Å². The van der Waals surface area contributed by atoms with Crippen LogP contribution in [-0.2, 0) is 4.79 Å². The van der Waals surface area contributed by atoms with Crippen molar-refractivity contribution in [2.45, 2.75) is 20.3 Å². The molecule has 0 unspecified atom stereocenters. The first-order valence-electron chi connectivity index (χ1n) is 12.2. The molecule has 0 aromatic heterocycles. The zero-order valence-electron chi connectivity index (χ0n) is 21.2. The highest BCUT2D eigenvalue weighted by Crippen LogP contribution is 2.34. The first kappa shape index (κ1) is 26.4. The number of rotatable bonds is 6. The van der Waals surface area contributed by atoms with E-state index in [-0.39, 0.29) is 27.7 Å². The minimum atomic E-state index is -0.625. The first-order valence-corrected chi connectivity index (χ1v) is 12.6. The number of halogens is 2. The van der Waals surface area contributed by atoms with E-state index < -0.39 is 11.7 Å². The highest BCUT2D eigenvalue weighted by molar-refractivity contribution is 6.35. The molecule has 194 valence electrons. The monoisotopic (exact) mass is 523 g/mol. The molecule has 1 aliphatic rings. The van der Waals surface area contributed by atoms with Gasteiger partial charge in [-0.3, -0.25) is 9.59 Å². The van der Waals surface area contributed by atoms with Gasteiger partial charge in [0.2, 0.25) is 5.91 Å². The maximum Gasteiger partial charge on any atom is 0.257 e. The van der Waals surface area contributed by atoms with E-state index in [9.17, 15) is 14.0 Å². The Bertz CT molecular complexity index is 1320. The van der Waals surface area contributed by atoms with Crippen LogP contribution in [0.4, 0.5) is 27.1 Å². The Hall–Kier alpha value is -3.62. The summed E-state index contributed by atoms with van der Waals surface area (Å²) in [5.74, 6) is -1.14. The van der Waals surface area contributed by atoms with Gasteiger partial charge in [-0.1, -0.05) is 36.7 Å². The SMILES string of the molecule is CCC(=O)Nc1ccc(-c2ccc(N3CCN(C)CC3)c(NC(=O)c3cc(N)c(F)c(C)c3Cl)c2)cc1. The summed E-state index contributed by atoms with van der Waals surface area (Å²) in [6.45, 7) is 6.73. The van der Waals surface area contributed by atoms with Gasteiger partial charge < -0.3 is 26.2 Å². The molecule has 0 bridgehead atoms. The minimum Gasteiger partial charge on any atom is -0.396 e. The fourth-order valence-corrected chi connectivity index (χ4v) is 4.51. The van der Waals surface area contributed by atoms with Gasteiger partial charge in [-0.15, -0.1) is 0 Å². The van der Waals surface area contributed by atoms with Gasteiger partial charge in [-0.25, -0.2) is 4.39 Å². The summed E-state index contributed by atoms with van der Waals surface area (Å²) in [5.41, 5.74) is 9.94. The van der Waals surface area contributed by atoms with Crippen LogP contribution in [0.25, 0.3) is 11.1 Å². The second kappa shape index (κ2) is 11.2. The standard InChI is InChI=1S/C28H31ClFN5O2/c1-4-25(36)32-20-8-5-18(6-9-20)19-7-10-24(35-13-11-34(3)12-14-35)23(15-19)33-28(37)21-16-22(31)27(30)17(2)26(21)29/h5-10,15-16H,4,11-14,31H2,1-3H3,(H,32,36)(H,33,37). The molecule has 1 fully saturated rings. The fraction of sp³-hybridized carbons (Fsp3) is 0.286. The Balaban J connectivity index is 1.69. The van der Waals surface area contributed by atoms with Crippen molar-refractivity contribution in [2.75, 3.05) is 54.5 Å². The molecule has 0 radical (unpaired) electrons. The molecule has 0 aliphatic carbocycles. The highest BCUT2D eigenvalue weighted by Gasteiger charge is 2.22. The number of piperazine rings is 1. The lowest BCUT2D eigenvalue weighted by molar-refractivity contribution is -0.115. The number of hydrogen-bond acceptors (Lipinski definition) is 5. The van der Waals surface area contributed by atoms with Crippen molar-refractivity contribution in [1.82, 2.24) is 4.90 Å². The average Bonchev–Trinajstić information content (AvgIpc) is 2.90. The van der Waals surface area contributed by atoms with Gasteiger partial charge in [0, 0.05) is 43.9 Å². The molecule has 1 saturated heterocycles. The van der Waals surface area contributed by atoms with E-state index >= 15 is 0 Å². The van der Waals surface area contributed by atoms with E-state index in [1.165, 1.54) is 13.0 Å². The van der Waals surface area contributed by atoms with Gasteiger partial charge in [0.15, 0.2) is 5.82 Å². The molecule has 4 N–H and O–H groups in total. The van der Waals surface area contributed by atoms with Crippen LogP contribution in [0.3, 0.4) is 0 Å². The van der Waals surface area contributed by atoms with Crippen molar-refractivity contribution < 1.29 is 14.0 Å². The Morgan fingerprint density at radius 1 is 1.00 bits per heavy atom. The largest absolute Gasteiger partial charge is 0.396 e. The van der Waals surface area contributed by atoms with Crippen LogP contribution < -0.4 is 21.3 Å². The second-order valence-electron chi connectivity index (χ2n) is 9.22. The molecule has 0 spiro atoms. The summed E-state index contributed by atoms with van der Waals surface area (Å²) in [5, 5.41) is 5.87. The summed E-state index contributed by atoms with van der Waals surface area (Å²) in [7, 11) is 2.08. The molecule has 4 rings (SSSR count). The van der Waals surface area contributed by atoms with Crippen LogP contribution in [0.2, 0.25) is 5.02 Å². The molecular formula is C28H31ClFN5O2. The molecule has 0 saturated carbocycles. The smallest absolute Gasteiger partial charge is 0.257 e. The molecule has 37 heavy (non-hydrogen) atoms. The van der Waals surface area contributed by atoms with Crippen molar-refractivity contribution in [1.29, 1.82) is 0 Å². The number of likely N-dealkylation sites (N-methyl/N-ethyl adjacent to an activating group) is 1. The van der Waals surface area contributed by atoms with Gasteiger partial charge in [-0.05, 0) is 55.4 Å². The number of nitrogens with zero attached hydrogens (tertiary/aromatic N) is 2. The maximum atomic E-state index is 14.2. The number of amides is 2. The zero-order valence-corrected chi connectivity index (χ0v) is 22.0. The molecule has 7 nitrogen and oxygen atoms in total. The third kappa shape index (κ3) is 5.87. The summed E-state index contributed by atoms with van der Waals surface area (Å²) in [6.07, 6.45) is 0.405. The fourth-order valence-electron chi connectivity index (χ4n) is 4.29. The number of nitrogens with one attached hydrogen (secondary N) is 2. The second-order valence-corrected chi connectivity index (χ2v) is 9.60. The Morgan fingerprint density at radius 2 is 1.65 bits per heavy atom. The Morgan fingerprint density at radius 3 is 2.30 bits per heavy atom. The Labute approximate surface area is 221 Å². The van der Waals surface area contributed by atoms with Crippen LogP contribution in [0.15, 0.2) is 48.5 Å². The number of hydrogen-bond donors (Lipinski definition) is 3. The van der Waals surface area contributed by atoms with Crippen LogP contribution in [0.1, 0.15) is 29.3 Å². The van der Waals surface area contributed by atoms with E-state index in [1.807, 2.05) is 42.5 Å². The molecular weight excluding hydrogens is 493 g/mol. The number of carbonyl (C=O) groups is 2. The maximum absolute atomic E-state index is 14.2. The van der Waals surface area contributed by atoms with E-state index in [0.717, 1.165) is 48.7 Å². The molecule has 3 aromatic rings. The zero-order chi connectivity index (χ0) is 26.7. The van der Waals surface area contributed by atoms with Crippen molar-refractivity contribution in [3.8, 4) is 11.1 Å². The third-order valence-electron chi connectivity index (χ3n) is 6.60. The Kier molecular flexibility index (Phi) is 8.00. The van der Waals surface area contributed by atoms with E-state index in [2.05, 4.69) is 27.5 Å². The van der Waals surface area contributed by atoms with Crippen molar-refractivity contribution >= 4 is 46.2 Å². The topological polar surface area (TPSA) is 90.7 Å². The molecule has 0 atom stereocenters. The van der Waals surface area contributed by atoms with Crippen LogP contribution in [0, 0.1) is 12.7 Å². The third-order valence-corrected chi connectivity index (χ3v) is 7.09. The summed E-state index contributed by atoms with van der Waals surface area (Å²) < 4.78 is 14.2. The van der Waals surface area contributed by atoms with Gasteiger partial charge in [-0.2, -0.15) is 0 Å². The normalized spacial score (nSPS) is 13.9. The number of anilines is 4. The van der Waals surface area contributed by atoms with Crippen LogP contribution in [0.5, 0.6) is 0 Å². The van der Waals surface area contributed by atoms with Gasteiger partial charge >= 0.3 is 0 Å². The van der Waals surface area contributed by atoms with Crippen LogP contribution in [-0.4, -0.2) is 49.9 Å². The number of nitrogen functional groups attached to an aromatic ring is 1. The van der Waals surface area contributed by atoms with E-state index in [4.69, 9.17) is 17.3 Å². The lowest BCUT2D eigenvalue weighted by Gasteiger charge is -2.35. The summed E-state index contributed by atoms with van der Waals surface area (Å²) in [4.78, 5) is 29.5. The predicted octanol–water partition coefficient (Wildman–Crippen LogP) is 5.39. The number of carbonyl (C=O) groups excluding carboxylic acids is 2. The van der Waals surface area contributed by atoms with E-state index in [0.29, 0.717) is 12.1 Å². The number of nitrogens with two attached hydrogens (primary N) is 1. The quantitative estimate of drug-likeness (QED) is 0.377. The molecule has 1 heterocycles. The minimum absolute atomic E-state index is 0.0335. The summed E-state index contributed by atoms with van der Waals surface area (Å²) in [6, 6.07) is 14.7. The number of benzene rings is 3. The van der Waals surface area contributed by atoms with Gasteiger partial charge in [0.05, 0.1) is 27.6 Å².